The number of carbonyl (C=O) groups is 2. The molecule has 4 rings (SSSR count). The Bertz CT molecular complexity index is 1640. The Morgan fingerprint density at radius 1 is 0.860 bits per heavy atom. The molecular weight excluding hydrogens is 568 g/mol. The number of nitrogens with zero attached hydrogens (tertiary/aromatic N) is 1. The molecule has 4 aromatic rings. The highest BCUT2D eigenvalue weighted by atomic mass is 32.2. The van der Waals surface area contributed by atoms with Gasteiger partial charge in [-0.15, -0.1) is 0 Å². The predicted molar refractivity (Wildman–Crippen MR) is 163 cm³/mol. The van der Waals surface area contributed by atoms with Crippen LogP contribution < -0.4 is 9.46 Å². The van der Waals surface area contributed by atoms with Crippen molar-refractivity contribution in [3.05, 3.63) is 120 Å². The van der Waals surface area contributed by atoms with Crippen LogP contribution in [0.2, 0.25) is 0 Å². The van der Waals surface area contributed by atoms with Crippen molar-refractivity contribution >= 4 is 22.0 Å². The van der Waals surface area contributed by atoms with Crippen molar-refractivity contribution in [3.8, 4) is 16.9 Å². The molecule has 0 heterocycles. The fraction of sp³-hybridized carbons (Fsp3) is 0.212. The van der Waals surface area contributed by atoms with E-state index in [4.69, 9.17) is 4.74 Å². The minimum atomic E-state index is -4.07. The summed E-state index contributed by atoms with van der Waals surface area (Å²) < 4.78 is 33.4. The SMILES string of the molecule is CC(C)Oc1cc(-c2ccc(CCN(C[C@@H](O)c3ccccc3)C(=O)O)cc2)ccc1C(=O)NS(=O)(=O)c1ccccc1. The van der Waals surface area contributed by atoms with E-state index in [1.807, 2.05) is 44.2 Å². The van der Waals surface area contributed by atoms with Crippen LogP contribution in [-0.2, 0) is 16.4 Å². The molecule has 3 N–H and O–H groups in total. The zero-order valence-corrected chi connectivity index (χ0v) is 24.7. The normalized spacial score (nSPS) is 12.0. The average Bonchev–Trinajstić information content (AvgIpc) is 2.99. The Morgan fingerprint density at radius 3 is 2.07 bits per heavy atom. The van der Waals surface area contributed by atoms with E-state index in [2.05, 4.69) is 4.72 Å². The zero-order valence-electron chi connectivity index (χ0n) is 23.9. The summed E-state index contributed by atoms with van der Waals surface area (Å²) in [6, 6.07) is 29.0. The van der Waals surface area contributed by atoms with Gasteiger partial charge in [-0.25, -0.2) is 17.9 Å². The second-order valence-electron chi connectivity index (χ2n) is 10.2. The Kier molecular flexibility index (Phi) is 10.2. The molecule has 0 bridgehead atoms. The van der Waals surface area contributed by atoms with Crippen LogP contribution in [0, 0.1) is 0 Å². The van der Waals surface area contributed by atoms with Crippen molar-refractivity contribution in [2.24, 2.45) is 0 Å². The van der Waals surface area contributed by atoms with Gasteiger partial charge in [-0.3, -0.25) is 4.79 Å². The summed E-state index contributed by atoms with van der Waals surface area (Å²) in [5, 5.41) is 20.1. The van der Waals surface area contributed by atoms with Crippen molar-refractivity contribution in [2.75, 3.05) is 13.1 Å². The molecule has 0 aliphatic heterocycles. The van der Waals surface area contributed by atoms with Crippen LogP contribution in [0.25, 0.3) is 11.1 Å². The summed E-state index contributed by atoms with van der Waals surface area (Å²) >= 11 is 0. The van der Waals surface area contributed by atoms with Crippen LogP contribution in [0.1, 0.15) is 41.4 Å². The van der Waals surface area contributed by atoms with Crippen LogP contribution in [-0.4, -0.2) is 54.7 Å². The number of hydrogen-bond acceptors (Lipinski definition) is 6. The molecule has 0 aromatic heterocycles. The Labute approximate surface area is 251 Å². The van der Waals surface area contributed by atoms with E-state index in [1.165, 1.54) is 23.1 Å². The maximum Gasteiger partial charge on any atom is 0.407 e. The minimum Gasteiger partial charge on any atom is -0.490 e. The predicted octanol–water partition coefficient (Wildman–Crippen LogP) is 5.52. The molecule has 1 atom stereocenters. The lowest BCUT2D eigenvalue weighted by Gasteiger charge is -2.22. The smallest absolute Gasteiger partial charge is 0.407 e. The summed E-state index contributed by atoms with van der Waals surface area (Å²) in [6.07, 6.45) is -1.85. The van der Waals surface area contributed by atoms with Crippen LogP contribution in [0.3, 0.4) is 0 Å². The minimum absolute atomic E-state index is 0.0229. The number of carbonyl (C=O) groups excluding carboxylic acids is 1. The van der Waals surface area contributed by atoms with E-state index < -0.39 is 28.1 Å². The molecule has 43 heavy (non-hydrogen) atoms. The van der Waals surface area contributed by atoms with Crippen molar-refractivity contribution in [1.82, 2.24) is 9.62 Å². The monoisotopic (exact) mass is 602 g/mol. The number of aliphatic hydroxyl groups excluding tert-OH is 1. The van der Waals surface area contributed by atoms with Gasteiger partial charge in [-0.05, 0) is 66.8 Å². The van der Waals surface area contributed by atoms with E-state index in [0.717, 1.165) is 16.7 Å². The van der Waals surface area contributed by atoms with Crippen LogP contribution in [0.15, 0.2) is 108 Å². The van der Waals surface area contributed by atoms with Gasteiger partial charge in [0.15, 0.2) is 0 Å². The van der Waals surface area contributed by atoms with Gasteiger partial charge < -0.3 is 19.8 Å². The number of nitrogens with one attached hydrogen (secondary N) is 1. The molecule has 9 nitrogen and oxygen atoms in total. The van der Waals surface area contributed by atoms with Gasteiger partial charge in [-0.2, -0.15) is 0 Å². The molecule has 10 heteroatoms. The lowest BCUT2D eigenvalue weighted by molar-refractivity contribution is 0.0970. The van der Waals surface area contributed by atoms with E-state index >= 15 is 0 Å². The zero-order chi connectivity index (χ0) is 31.0. The van der Waals surface area contributed by atoms with E-state index in [9.17, 15) is 28.2 Å². The molecule has 0 saturated heterocycles. The molecule has 0 spiro atoms. The third-order valence-corrected chi connectivity index (χ3v) is 8.02. The summed E-state index contributed by atoms with van der Waals surface area (Å²) in [6.45, 7) is 3.79. The third-order valence-electron chi connectivity index (χ3n) is 6.68. The second-order valence-corrected chi connectivity index (χ2v) is 11.9. The maximum atomic E-state index is 13.0. The van der Waals surface area contributed by atoms with Gasteiger partial charge in [-0.1, -0.05) is 78.9 Å². The van der Waals surface area contributed by atoms with E-state index in [0.29, 0.717) is 12.0 Å². The van der Waals surface area contributed by atoms with Gasteiger partial charge in [0.2, 0.25) is 0 Å². The molecule has 0 fully saturated rings. The highest BCUT2D eigenvalue weighted by Gasteiger charge is 2.22. The topological polar surface area (TPSA) is 133 Å². The number of carboxylic acid groups (broad SMARTS) is 1. The molecule has 0 aliphatic rings. The van der Waals surface area contributed by atoms with Gasteiger partial charge in [0.1, 0.15) is 5.75 Å². The number of sulfonamides is 1. The van der Waals surface area contributed by atoms with Crippen molar-refractivity contribution in [1.29, 1.82) is 0 Å². The van der Waals surface area contributed by atoms with Crippen LogP contribution >= 0.6 is 0 Å². The average molecular weight is 603 g/mol. The molecule has 4 aromatic carbocycles. The molecule has 0 unspecified atom stereocenters. The van der Waals surface area contributed by atoms with E-state index in [-0.39, 0.29) is 35.4 Å². The summed E-state index contributed by atoms with van der Waals surface area (Å²) in [4.78, 5) is 26.0. The van der Waals surface area contributed by atoms with Gasteiger partial charge >= 0.3 is 6.09 Å². The van der Waals surface area contributed by atoms with Crippen molar-refractivity contribution in [2.45, 2.75) is 37.4 Å². The molecule has 0 radical (unpaired) electrons. The lowest BCUT2D eigenvalue weighted by atomic mass is 10.0. The maximum absolute atomic E-state index is 13.0. The number of ether oxygens (including phenoxy) is 1. The van der Waals surface area contributed by atoms with Gasteiger partial charge in [0.05, 0.1) is 29.2 Å². The second kappa shape index (κ2) is 14.0. The fourth-order valence-corrected chi connectivity index (χ4v) is 5.45. The first-order valence-electron chi connectivity index (χ1n) is 13.8. The standard InChI is InChI=1S/C33H34N2O7S/c1-23(2)42-31-21-27(17-18-29(31)32(37)34-43(40,41)28-11-7-4-8-12-28)25-15-13-24(14-16-25)19-20-35(33(38)39)22-30(36)26-9-5-3-6-10-26/h3-18,21,23,30,36H,19-20,22H2,1-2H3,(H,34,37)(H,38,39)/t30-/m1/s1. The molecule has 224 valence electrons. The number of rotatable bonds is 12. The number of aliphatic hydroxyl groups is 1. The van der Waals surface area contributed by atoms with Gasteiger partial charge in [0, 0.05) is 6.54 Å². The Balaban J connectivity index is 1.46. The third kappa shape index (κ3) is 8.43. The molecular formula is C33H34N2O7S. The largest absolute Gasteiger partial charge is 0.490 e. The quantitative estimate of drug-likeness (QED) is 0.195. The summed E-state index contributed by atoms with van der Waals surface area (Å²) in [5.41, 5.74) is 3.23. The number of benzene rings is 4. The Morgan fingerprint density at radius 2 is 1.47 bits per heavy atom. The fourth-order valence-electron chi connectivity index (χ4n) is 4.46. The number of hydrogen-bond donors (Lipinski definition) is 3. The molecule has 0 aliphatic carbocycles. The number of amides is 2. The first kappa shape index (κ1) is 31.3. The van der Waals surface area contributed by atoms with Crippen LogP contribution in [0.5, 0.6) is 5.75 Å². The highest BCUT2D eigenvalue weighted by Crippen LogP contribution is 2.29. The molecule has 2 amide bonds. The summed E-state index contributed by atoms with van der Waals surface area (Å²) in [7, 11) is -4.07. The first-order chi connectivity index (χ1) is 20.5. The van der Waals surface area contributed by atoms with Crippen LogP contribution in [0.4, 0.5) is 4.79 Å². The highest BCUT2D eigenvalue weighted by molar-refractivity contribution is 7.90. The first-order valence-corrected chi connectivity index (χ1v) is 15.2. The van der Waals surface area contributed by atoms with Crippen molar-refractivity contribution < 1.29 is 33.0 Å². The van der Waals surface area contributed by atoms with Gasteiger partial charge in [0.25, 0.3) is 15.9 Å². The lowest BCUT2D eigenvalue weighted by Crippen LogP contribution is -2.35. The van der Waals surface area contributed by atoms with Crippen molar-refractivity contribution in [3.63, 3.8) is 0 Å². The van der Waals surface area contributed by atoms with E-state index in [1.54, 1.807) is 54.6 Å². The Hall–Kier alpha value is -4.67. The summed E-state index contributed by atoms with van der Waals surface area (Å²) in [5.74, 6) is -0.562. The molecule has 0 saturated carbocycles.